The highest BCUT2D eigenvalue weighted by atomic mass is 14.2. The SMILES string of the molecule is CCCCCCCC(CCCC)CCC(CCC)C(C)CCCCC. The lowest BCUT2D eigenvalue weighted by atomic mass is 9.80. The van der Waals surface area contributed by atoms with E-state index in [9.17, 15) is 0 Å². The first kappa shape index (κ1) is 25.0. The van der Waals surface area contributed by atoms with Gasteiger partial charge in [0, 0.05) is 0 Å². The Kier molecular flexibility index (Phi) is 18.8. The second-order valence-corrected chi connectivity index (χ2v) is 8.81. The lowest BCUT2D eigenvalue weighted by molar-refractivity contribution is 0.255. The summed E-state index contributed by atoms with van der Waals surface area (Å²) >= 11 is 0. The summed E-state index contributed by atoms with van der Waals surface area (Å²) in [4.78, 5) is 0. The van der Waals surface area contributed by atoms with Gasteiger partial charge >= 0.3 is 0 Å². The lowest BCUT2D eigenvalue weighted by Gasteiger charge is -2.26. The van der Waals surface area contributed by atoms with Gasteiger partial charge in [0.1, 0.15) is 0 Å². The van der Waals surface area contributed by atoms with Gasteiger partial charge in [-0.05, 0) is 24.2 Å². The molecule has 0 bridgehead atoms. The molecule has 152 valence electrons. The highest BCUT2D eigenvalue weighted by Gasteiger charge is 2.18. The van der Waals surface area contributed by atoms with Crippen molar-refractivity contribution in [1.82, 2.24) is 0 Å². The minimum atomic E-state index is 0.947. The van der Waals surface area contributed by atoms with Crippen LogP contribution >= 0.6 is 0 Å². The second-order valence-electron chi connectivity index (χ2n) is 8.81. The first-order valence-electron chi connectivity index (χ1n) is 12.2. The van der Waals surface area contributed by atoms with Crippen LogP contribution in [0, 0.1) is 17.8 Å². The minimum absolute atomic E-state index is 0.947. The van der Waals surface area contributed by atoms with E-state index >= 15 is 0 Å². The Hall–Kier alpha value is 0. The first-order chi connectivity index (χ1) is 12.2. The molecule has 0 nitrogen and oxygen atoms in total. The molecule has 0 heteroatoms. The zero-order valence-electron chi connectivity index (χ0n) is 18.8. The van der Waals surface area contributed by atoms with Gasteiger partial charge in [-0.25, -0.2) is 0 Å². The minimum Gasteiger partial charge on any atom is -0.0654 e. The van der Waals surface area contributed by atoms with Gasteiger partial charge in [-0.2, -0.15) is 0 Å². The van der Waals surface area contributed by atoms with Crippen LogP contribution < -0.4 is 0 Å². The van der Waals surface area contributed by atoms with Crippen LogP contribution in [0.3, 0.4) is 0 Å². The lowest BCUT2D eigenvalue weighted by Crippen LogP contribution is -2.14. The summed E-state index contributed by atoms with van der Waals surface area (Å²) in [7, 11) is 0. The highest BCUT2D eigenvalue weighted by molar-refractivity contribution is 4.70. The van der Waals surface area contributed by atoms with E-state index in [0.29, 0.717) is 0 Å². The Morgan fingerprint density at radius 3 is 1.64 bits per heavy atom. The molecule has 3 unspecified atom stereocenters. The van der Waals surface area contributed by atoms with Gasteiger partial charge in [0.15, 0.2) is 0 Å². The van der Waals surface area contributed by atoms with E-state index in [4.69, 9.17) is 0 Å². The Bertz CT molecular complexity index is 244. The van der Waals surface area contributed by atoms with Gasteiger partial charge in [-0.3, -0.25) is 0 Å². The van der Waals surface area contributed by atoms with Crippen molar-refractivity contribution in [3.63, 3.8) is 0 Å². The number of hydrogen-bond donors (Lipinski definition) is 0. The van der Waals surface area contributed by atoms with Gasteiger partial charge in [0.25, 0.3) is 0 Å². The maximum Gasteiger partial charge on any atom is -0.0388 e. The molecule has 0 rings (SSSR count). The number of unbranched alkanes of at least 4 members (excludes halogenated alkanes) is 7. The van der Waals surface area contributed by atoms with Crippen molar-refractivity contribution in [3.05, 3.63) is 0 Å². The Morgan fingerprint density at radius 2 is 1.00 bits per heavy atom. The summed E-state index contributed by atoms with van der Waals surface area (Å²) in [5.41, 5.74) is 0. The molecule has 0 fully saturated rings. The van der Waals surface area contributed by atoms with E-state index in [2.05, 4.69) is 34.6 Å². The molecule has 0 aromatic heterocycles. The van der Waals surface area contributed by atoms with Gasteiger partial charge in [-0.1, -0.05) is 137 Å². The third-order valence-electron chi connectivity index (χ3n) is 6.35. The van der Waals surface area contributed by atoms with Crippen LogP contribution in [0.5, 0.6) is 0 Å². The highest BCUT2D eigenvalue weighted by Crippen LogP contribution is 2.31. The molecular formula is C25H52. The molecule has 0 aromatic rings. The largest absolute Gasteiger partial charge is 0.0654 e. The smallest absolute Gasteiger partial charge is 0.0388 e. The van der Waals surface area contributed by atoms with E-state index in [0.717, 1.165) is 17.8 Å². The summed E-state index contributed by atoms with van der Waals surface area (Å²) in [6.45, 7) is 11.9. The molecule has 25 heavy (non-hydrogen) atoms. The van der Waals surface area contributed by atoms with Crippen molar-refractivity contribution >= 4 is 0 Å². The average Bonchev–Trinajstić information content (AvgIpc) is 2.62. The van der Waals surface area contributed by atoms with Crippen LogP contribution in [0.4, 0.5) is 0 Å². The van der Waals surface area contributed by atoms with Crippen molar-refractivity contribution in [2.75, 3.05) is 0 Å². The van der Waals surface area contributed by atoms with E-state index in [1.807, 2.05) is 0 Å². The molecule has 0 aliphatic rings. The summed E-state index contributed by atoms with van der Waals surface area (Å²) in [6, 6.07) is 0. The van der Waals surface area contributed by atoms with Gasteiger partial charge in [-0.15, -0.1) is 0 Å². The molecule has 3 atom stereocenters. The molecule has 0 aromatic carbocycles. The zero-order chi connectivity index (χ0) is 18.8. The average molecular weight is 353 g/mol. The summed E-state index contributed by atoms with van der Waals surface area (Å²) in [5, 5.41) is 0. The molecular weight excluding hydrogens is 300 g/mol. The third kappa shape index (κ3) is 14.8. The Labute approximate surface area is 161 Å². The third-order valence-corrected chi connectivity index (χ3v) is 6.35. The van der Waals surface area contributed by atoms with E-state index < -0.39 is 0 Å². The zero-order valence-corrected chi connectivity index (χ0v) is 18.8. The monoisotopic (exact) mass is 352 g/mol. The van der Waals surface area contributed by atoms with Crippen LogP contribution in [-0.4, -0.2) is 0 Å². The maximum atomic E-state index is 2.54. The molecule has 0 saturated heterocycles. The molecule has 0 aliphatic heterocycles. The fraction of sp³-hybridized carbons (Fsp3) is 1.00. The van der Waals surface area contributed by atoms with Gasteiger partial charge in [0.2, 0.25) is 0 Å². The molecule has 0 saturated carbocycles. The number of rotatable bonds is 19. The Balaban J connectivity index is 4.26. The predicted octanol–water partition coefficient (Wildman–Crippen LogP) is 9.57. The molecule has 0 radical (unpaired) electrons. The normalized spacial score (nSPS) is 15.2. The van der Waals surface area contributed by atoms with Crippen molar-refractivity contribution < 1.29 is 0 Å². The summed E-state index contributed by atoms with van der Waals surface area (Å²) in [5.74, 6) is 2.96. The molecule has 0 spiro atoms. The quantitative estimate of drug-likeness (QED) is 0.203. The van der Waals surface area contributed by atoms with Crippen LogP contribution in [0.15, 0.2) is 0 Å². The summed E-state index contributed by atoms with van der Waals surface area (Å²) in [6.07, 6.45) is 24.6. The summed E-state index contributed by atoms with van der Waals surface area (Å²) < 4.78 is 0. The van der Waals surface area contributed by atoms with Crippen LogP contribution in [0.25, 0.3) is 0 Å². The van der Waals surface area contributed by atoms with Crippen molar-refractivity contribution in [3.8, 4) is 0 Å². The maximum absolute atomic E-state index is 2.54. The number of hydrogen-bond acceptors (Lipinski definition) is 0. The Morgan fingerprint density at radius 1 is 0.440 bits per heavy atom. The van der Waals surface area contributed by atoms with Crippen molar-refractivity contribution in [2.45, 2.75) is 144 Å². The molecule has 0 aliphatic carbocycles. The van der Waals surface area contributed by atoms with Crippen LogP contribution in [-0.2, 0) is 0 Å². The molecule has 0 amide bonds. The van der Waals surface area contributed by atoms with Gasteiger partial charge < -0.3 is 0 Å². The molecule has 0 heterocycles. The molecule has 0 N–H and O–H groups in total. The standard InChI is InChI=1S/C25H52/c1-6-10-13-14-16-20-24(19-12-8-3)21-22-25(17-9-4)23(5)18-15-11-7-2/h23-25H,6-22H2,1-5H3. The topological polar surface area (TPSA) is 0 Å². The van der Waals surface area contributed by atoms with E-state index in [1.165, 1.54) is 109 Å². The van der Waals surface area contributed by atoms with E-state index in [-0.39, 0.29) is 0 Å². The van der Waals surface area contributed by atoms with Crippen LogP contribution in [0.1, 0.15) is 144 Å². The first-order valence-corrected chi connectivity index (χ1v) is 12.2. The predicted molar refractivity (Wildman–Crippen MR) is 117 cm³/mol. The van der Waals surface area contributed by atoms with Crippen molar-refractivity contribution in [1.29, 1.82) is 0 Å². The van der Waals surface area contributed by atoms with Crippen molar-refractivity contribution in [2.24, 2.45) is 17.8 Å². The second kappa shape index (κ2) is 18.8. The fourth-order valence-corrected chi connectivity index (χ4v) is 4.45. The fourth-order valence-electron chi connectivity index (χ4n) is 4.45. The van der Waals surface area contributed by atoms with E-state index in [1.54, 1.807) is 0 Å². The van der Waals surface area contributed by atoms with Crippen LogP contribution in [0.2, 0.25) is 0 Å². The van der Waals surface area contributed by atoms with Gasteiger partial charge in [0.05, 0.1) is 0 Å².